The second kappa shape index (κ2) is 10.5. The molecule has 0 bridgehead atoms. The standard InChI is InChI=1S/C20H37N3O2S/c1-4-6-7-8-9-10-18(24)23-13-11-20(12-14-23)22-17(15-26-20)19(25)21-16(3)5-2/h16-17,22H,4-15H2,1-3H3,(H,21,25). The Balaban J connectivity index is 1.71. The van der Waals surface area contributed by atoms with Crippen LogP contribution < -0.4 is 10.6 Å². The van der Waals surface area contributed by atoms with Crippen molar-refractivity contribution in [1.29, 1.82) is 0 Å². The Morgan fingerprint density at radius 2 is 1.88 bits per heavy atom. The van der Waals surface area contributed by atoms with Crippen LogP contribution >= 0.6 is 11.8 Å². The van der Waals surface area contributed by atoms with E-state index in [4.69, 9.17) is 0 Å². The molecule has 150 valence electrons. The number of thioether (sulfide) groups is 1. The van der Waals surface area contributed by atoms with Gasteiger partial charge in [-0.05, 0) is 32.6 Å². The predicted molar refractivity (Wildman–Crippen MR) is 109 cm³/mol. The molecule has 26 heavy (non-hydrogen) atoms. The number of carbonyl (C=O) groups is 2. The van der Waals surface area contributed by atoms with E-state index in [1.807, 2.05) is 23.6 Å². The highest BCUT2D eigenvalue weighted by Gasteiger charge is 2.44. The van der Waals surface area contributed by atoms with Gasteiger partial charge in [0.05, 0.1) is 10.9 Å². The maximum Gasteiger partial charge on any atom is 0.238 e. The average Bonchev–Trinajstić information content (AvgIpc) is 3.05. The first-order valence-electron chi connectivity index (χ1n) is 10.5. The molecule has 2 aliphatic heterocycles. The van der Waals surface area contributed by atoms with Gasteiger partial charge in [-0.3, -0.25) is 14.9 Å². The predicted octanol–water partition coefficient (Wildman–Crippen LogP) is 3.29. The van der Waals surface area contributed by atoms with Crippen molar-refractivity contribution in [3.05, 3.63) is 0 Å². The minimum absolute atomic E-state index is 0.0185. The van der Waals surface area contributed by atoms with Crippen LogP contribution in [0.2, 0.25) is 0 Å². The molecule has 0 aromatic heterocycles. The third-order valence-electron chi connectivity index (χ3n) is 5.70. The van der Waals surface area contributed by atoms with E-state index in [1.165, 1.54) is 25.7 Å². The van der Waals surface area contributed by atoms with Crippen LogP contribution in [0.25, 0.3) is 0 Å². The number of hydrogen-bond acceptors (Lipinski definition) is 4. The van der Waals surface area contributed by atoms with E-state index >= 15 is 0 Å². The minimum Gasteiger partial charge on any atom is -0.352 e. The quantitative estimate of drug-likeness (QED) is 0.600. The van der Waals surface area contributed by atoms with Crippen LogP contribution in [-0.2, 0) is 9.59 Å². The smallest absolute Gasteiger partial charge is 0.238 e. The van der Waals surface area contributed by atoms with Crippen molar-refractivity contribution in [2.24, 2.45) is 0 Å². The van der Waals surface area contributed by atoms with Crippen LogP contribution in [0.1, 0.15) is 78.6 Å². The van der Waals surface area contributed by atoms with Crippen LogP contribution in [-0.4, -0.2) is 52.5 Å². The molecular weight excluding hydrogens is 346 g/mol. The largest absolute Gasteiger partial charge is 0.352 e. The Morgan fingerprint density at radius 3 is 2.54 bits per heavy atom. The molecular formula is C20H37N3O2S. The number of amides is 2. The van der Waals surface area contributed by atoms with Gasteiger partial charge in [-0.1, -0.05) is 39.5 Å². The third kappa shape index (κ3) is 6.15. The van der Waals surface area contributed by atoms with Crippen molar-refractivity contribution in [3.8, 4) is 0 Å². The fourth-order valence-corrected chi connectivity index (χ4v) is 5.09. The van der Waals surface area contributed by atoms with Crippen LogP contribution in [0.3, 0.4) is 0 Å². The number of rotatable bonds is 9. The topological polar surface area (TPSA) is 61.4 Å². The molecule has 0 aromatic carbocycles. The molecule has 6 heteroatoms. The SMILES string of the molecule is CCCCCCCC(=O)N1CCC2(CC1)NC(C(=O)NC(C)CC)CS2. The van der Waals surface area contributed by atoms with Crippen molar-refractivity contribution >= 4 is 23.6 Å². The van der Waals surface area contributed by atoms with E-state index in [9.17, 15) is 9.59 Å². The molecule has 2 fully saturated rings. The summed E-state index contributed by atoms with van der Waals surface area (Å²) in [5.74, 6) is 1.26. The molecule has 2 saturated heterocycles. The van der Waals surface area contributed by atoms with Gasteiger partial charge in [0, 0.05) is 31.3 Å². The first-order valence-corrected chi connectivity index (χ1v) is 11.5. The summed E-state index contributed by atoms with van der Waals surface area (Å²) in [4.78, 5) is 26.8. The molecule has 2 N–H and O–H groups in total. The lowest BCUT2D eigenvalue weighted by atomic mass is 10.0. The van der Waals surface area contributed by atoms with Gasteiger partial charge in [0.25, 0.3) is 0 Å². The number of carbonyl (C=O) groups excluding carboxylic acids is 2. The zero-order valence-corrected chi connectivity index (χ0v) is 17.6. The summed E-state index contributed by atoms with van der Waals surface area (Å²) in [5.41, 5.74) is 0. The van der Waals surface area contributed by atoms with E-state index in [2.05, 4.69) is 24.5 Å². The lowest BCUT2D eigenvalue weighted by molar-refractivity contribution is -0.133. The summed E-state index contributed by atoms with van der Waals surface area (Å²) in [7, 11) is 0. The molecule has 1 spiro atoms. The van der Waals surface area contributed by atoms with Gasteiger partial charge in [0.1, 0.15) is 0 Å². The van der Waals surface area contributed by atoms with E-state index in [-0.39, 0.29) is 22.9 Å². The van der Waals surface area contributed by atoms with Gasteiger partial charge in [-0.2, -0.15) is 0 Å². The minimum atomic E-state index is -0.102. The summed E-state index contributed by atoms with van der Waals surface area (Å²) >= 11 is 1.87. The van der Waals surface area contributed by atoms with Crippen molar-refractivity contribution in [2.45, 2.75) is 95.5 Å². The first-order chi connectivity index (χ1) is 12.5. The number of nitrogens with zero attached hydrogens (tertiary/aromatic N) is 1. The highest BCUT2D eigenvalue weighted by atomic mass is 32.2. The number of unbranched alkanes of at least 4 members (excludes halogenated alkanes) is 4. The molecule has 0 aromatic rings. The molecule has 2 aliphatic rings. The average molecular weight is 384 g/mol. The Bertz CT molecular complexity index is 464. The highest BCUT2D eigenvalue weighted by Crippen LogP contribution is 2.39. The molecule has 2 rings (SSSR count). The second-order valence-corrected chi connectivity index (χ2v) is 9.27. The Labute approximate surface area is 163 Å². The Morgan fingerprint density at radius 1 is 1.19 bits per heavy atom. The van der Waals surface area contributed by atoms with E-state index < -0.39 is 0 Å². The Hall–Kier alpha value is -0.750. The normalized spacial score (nSPS) is 23.2. The number of piperidine rings is 1. The van der Waals surface area contributed by atoms with Crippen LogP contribution in [0, 0.1) is 0 Å². The fourth-order valence-electron chi connectivity index (χ4n) is 3.67. The van der Waals surface area contributed by atoms with E-state index in [0.29, 0.717) is 12.3 Å². The molecule has 5 nitrogen and oxygen atoms in total. The van der Waals surface area contributed by atoms with Crippen molar-refractivity contribution in [2.75, 3.05) is 18.8 Å². The van der Waals surface area contributed by atoms with Gasteiger partial charge < -0.3 is 10.2 Å². The van der Waals surface area contributed by atoms with Crippen molar-refractivity contribution in [1.82, 2.24) is 15.5 Å². The van der Waals surface area contributed by atoms with Crippen molar-refractivity contribution < 1.29 is 9.59 Å². The molecule has 0 aliphatic carbocycles. The van der Waals surface area contributed by atoms with Gasteiger partial charge in [0.2, 0.25) is 11.8 Å². The summed E-state index contributed by atoms with van der Waals surface area (Å²) in [6.45, 7) is 7.96. The molecule has 2 atom stereocenters. The number of likely N-dealkylation sites (tertiary alicyclic amines) is 1. The van der Waals surface area contributed by atoms with Crippen LogP contribution in [0.15, 0.2) is 0 Å². The maximum absolute atomic E-state index is 12.4. The number of hydrogen-bond donors (Lipinski definition) is 2. The summed E-state index contributed by atoms with van der Waals surface area (Å²) in [6.07, 6.45) is 9.46. The second-order valence-electron chi connectivity index (χ2n) is 7.87. The zero-order chi connectivity index (χ0) is 19.0. The highest BCUT2D eigenvalue weighted by molar-refractivity contribution is 8.01. The summed E-state index contributed by atoms with van der Waals surface area (Å²) < 4.78 is 0. The van der Waals surface area contributed by atoms with E-state index in [0.717, 1.165) is 44.5 Å². The zero-order valence-electron chi connectivity index (χ0n) is 16.8. The van der Waals surface area contributed by atoms with Crippen LogP contribution in [0.4, 0.5) is 0 Å². The lowest BCUT2D eigenvalue weighted by Gasteiger charge is -2.39. The van der Waals surface area contributed by atoms with Gasteiger partial charge >= 0.3 is 0 Å². The van der Waals surface area contributed by atoms with Gasteiger partial charge in [-0.15, -0.1) is 11.8 Å². The first kappa shape index (κ1) is 21.5. The monoisotopic (exact) mass is 383 g/mol. The summed E-state index contributed by atoms with van der Waals surface area (Å²) in [5, 5.41) is 6.65. The third-order valence-corrected chi connectivity index (χ3v) is 7.28. The van der Waals surface area contributed by atoms with E-state index in [1.54, 1.807) is 0 Å². The fraction of sp³-hybridized carbons (Fsp3) is 0.900. The number of nitrogens with one attached hydrogen (secondary N) is 2. The lowest BCUT2D eigenvalue weighted by Crippen LogP contribution is -2.55. The Kier molecular flexibility index (Phi) is 8.74. The maximum atomic E-state index is 12.4. The molecule has 0 saturated carbocycles. The summed E-state index contributed by atoms with van der Waals surface area (Å²) in [6, 6.07) is 0.123. The molecule has 0 radical (unpaired) electrons. The van der Waals surface area contributed by atoms with Crippen molar-refractivity contribution in [3.63, 3.8) is 0 Å². The van der Waals surface area contributed by atoms with Crippen LogP contribution in [0.5, 0.6) is 0 Å². The van der Waals surface area contributed by atoms with Gasteiger partial charge in [-0.25, -0.2) is 0 Å². The molecule has 2 amide bonds. The molecule has 2 heterocycles. The molecule has 2 unspecified atom stereocenters. The van der Waals surface area contributed by atoms with Gasteiger partial charge in [0.15, 0.2) is 0 Å².